The average molecular weight is 750 g/mol. The normalized spacial score (nSPS) is 14.3. The number of hydrogen-bond acceptors (Lipinski definition) is 9. The molecule has 0 bridgehead atoms. The molecule has 1 heterocycles. The van der Waals surface area contributed by atoms with Crippen molar-refractivity contribution in [2.24, 2.45) is 5.10 Å². The van der Waals surface area contributed by atoms with E-state index in [-0.39, 0.29) is 36.9 Å². The summed E-state index contributed by atoms with van der Waals surface area (Å²) in [6, 6.07) is 12.1. The van der Waals surface area contributed by atoms with Crippen LogP contribution in [0.2, 0.25) is 10.0 Å². The quantitative estimate of drug-likeness (QED) is 0.109. The molecule has 12 nitrogen and oxygen atoms in total. The van der Waals surface area contributed by atoms with Gasteiger partial charge in [-0.1, -0.05) is 35.3 Å². The van der Waals surface area contributed by atoms with Crippen LogP contribution < -0.4 is 35.0 Å². The van der Waals surface area contributed by atoms with Crippen LogP contribution in [0.1, 0.15) is 36.6 Å². The van der Waals surface area contributed by atoms with Crippen molar-refractivity contribution in [1.82, 2.24) is 16.1 Å². The van der Waals surface area contributed by atoms with Gasteiger partial charge in [-0.05, 0) is 71.7 Å². The molecule has 3 N–H and O–H groups in total. The van der Waals surface area contributed by atoms with E-state index in [0.717, 1.165) is 5.56 Å². The molecular formula is C32H31BrCl2N4O8. The molecule has 0 radical (unpaired) electrons. The van der Waals surface area contributed by atoms with Crippen LogP contribution >= 0.6 is 39.1 Å². The van der Waals surface area contributed by atoms with Crippen LogP contribution in [0.3, 0.4) is 0 Å². The van der Waals surface area contributed by atoms with E-state index in [1.54, 1.807) is 62.4 Å². The average Bonchev–Trinajstić information content (AvgIpc) is 3.03. The molecule has 0 unspecified atom stereocenters. The van der Waals surface area contributed by atoms with Gasteiger partial charge in [-0.2, -0.15) is 5.10 Å². The van der Waals surface area contributed by atoms with Crippen molar-refractivity contribution >= 4 is 63.3 Å². The van der Waals surface area contributed by atoms with Crippen molar-refractivity contribution in [3.8, 4) is 23.0 Å². The SMILES string of the molecule is CCOC(=O)C1=C(C)NC(=O)N[C@H]1c1ccc(OCC(=O)N/N=C\c2cc(OC)c(OCc3ccc(Cl)cc3Cl)cc2Br)c(OC)c1. The molecule has 1 atom stereocenters. The Kier molecular flexibility index (Phi) is 12.3. The molecule has 1 aliphatic rings. The molecule has 0 saturated heterocycles. The lowest BCUT2D eigenvalue weighted by molar-refractivity contribution is -0.139. The van der Waals surface area contributed by atoms with Crippen LogP contribution in [-0.4, -0.2) is 51.6 Å². The minimum absolute atomic E-state index is 0.174. The zero-order chi connectivity index (χ0) is 34.1. The number of allylic oxidation sites excluding steroid dienone is 1. The number of esters is 1. The second kappa shape index (κ2) is 16.4. The number of nitrogens with one attached hydrogen (secondary N) is 3. The van der Waals surface area contributed by atoms with Crippen LogP contribution in [0.5, 0.6) is 23.0 Å². The first-order valence-corrected chi connectivity index (χ1v) is 15.6. The number of urea groups is 1. The van der Waals surface area contributed by atoms with Crippen LogP contribution in [-0.2, 0) is 20.9 Å². The number of carbonyl (C=O) groups is 3. The molecule has 0 spiro atoms. The number of ether oxygens (including phenoxy) is 5. The Morgan fingerprint density at radius 2 is 1.74 bits per heavy atom. The molecule has 0 aromatic heterocycles. The number of carbonyl (C=O) groups excluding carboxylic acids is 3. The van der Waals surface area contributed by atoms with Gasteiger partial charge in [0, 0.05) is 31.3 Å². The topological polar surface area (TPSA) is 146 Å². The Hall–Kier alpha value is -4.46. The molecule has 0 aliphatic carbocycles. The Morgan fingerprint density at radius 3 is 2.45 bits per heavy atom. The van der Waals surface area contributed by atoms with Gasteiger partial charge in [-0.15, -0.1) is 0 Å². The summed E-state index contributed by atoms with van der Waals surface area (Å²) in [7, 11) is 2.94. The van der Waals surface area contributed by atoms with Gasteiger partial charge in [0.1, 0.15) is 6.61 Å². The van der Waals surface area contributed by atoms with E-state index in [0.29, 0.717) is 42.8 Å². The van der Waals surface area contributed by atoms with Crippen molar-refractivity contribution in [1.29, 1.82) is 0 Å². The number of benzene rings is 3. The molecule has 3 aromatic carbocycles. The maximum absolute atomic E-state index is 12.6. The number of rotatable bonds is 13. The maximum Gasteiger partial charge on any atom is 0.338 e. The molecule has 1 aliphatic heterocycles. The Balaban J connectivity index is 1.38. The van der Waals surface area contributed by atoms with Crippen molar-refractivity contribution in [2.75, 3.05) is 27.4 Å². The van der Waals surface area contributed by atoms with Gasteiger partial charge in [0.25, 0.3) is 5.91 Å². The molecule has 15 heteroatoms. The fourth-order valence-electron chi connectivity index (χ4n) is 4.47. The predicted molar refractivity (Wildman–Crippen MR) is 179 cm³/mol. The lowest BCUT2D eigenvalue weighted by atomic mass is 9.95. The first kappa shape index (κ1) is 35.4. The van der Waals surface area contributed by atoms with E-state index in [2.05, 4.69) is 37.1 Å². The number of hydrazone groups is 1. The minimum atomic E-state index is -0.788. The summed E-state index contributed by atoms with van der Waals surface area (Å²) in [5.41, 5.74) is 4.96. The molecule has 3 aromatic rings. The van der Waals surface area contributed by atoms with Crippen LogP contribution in [0.25, 0.3) is 0 Å². The van der Waals surface area contributed by atoms with Crippen LogP contribution in [0, 0.1) is 0 Å². The Labute approximate surface area is 289 Å². The van der Waals surface area contributed by atoms with E-state index >= 15 is 0 Å². The summed E-state index contributed by atoms with van der Waals surface area (Å²) in [5, 5.41) is 10.3. The summed E-state index contributed by atoms with van der Waals surface area (Å²) in [6.45, 7) is 3.30. The third-order valence-corrected chi connectivity index (χ3v) is 7.99. The molecule has 248 valence electrons. The number of hydrogen-bond donors (Lipinski definition) is 3. The molecular weight excluding hydrogens is 719 g/mol. The highest BCUT2D eigenvalue weighted by Crippen LogP contribution is 2.36. The smallest absolute Gasteiger partial charge is 0.338 e. The van der Waals surface area contributed by atoms with Gasteiger partial charge in [0.15, 0.2) is 29.6 Å². The van der Waals surface area contributed by atoms with Gasteiger partial charge < -0.3 is 34.3 Å². The van der Waals surface area contributed by atoms with Gasteiger partial charge >= 0.3 is 12.0 Å². The monoisotopic (exact) mass is 748 g/mol. The van der Waals surface area contributed by atoms with Crippen molar-refractivity contribution in [3.63, 3.8) is 0 Å². The molecule has 3 amide bonds. The van der Waals surface area contributed by atoms with Gasteiger partial charge in [-0.3, -0.25) is 4.79 Å². The largest absolute Gasteiger partial charge is 0.493 e. The van der Waals surface area contributed by atoms with Gasteiger partial charge in [0.05, 0.1) is 38.7 Å². The van der Waals surface area contributed by atoms with Gasteiger partial charge in [-0.25, -0.2) is 15.0 Å². The van der Waals surface area contributed by atoms with E-state index in [9.17, 15) is 14.4 Å². The standard InChI is InChI=1S/C32H31BrCl2N4O8/c1-5-45-31(41)29-17(2)37-32(42)38-30(29)18-7-9-24(25(10-18)43-3)47-16-28(40)39-36-14-20-11-26(44-4)27(13-22(20)33)46-15-19-6-8-21(34)12-23(19)35/h6-14,30H,5,15-16H2,1-4H3,(H,39,40)(H2,37,38,42)/b36-14-/t30-/m0/s1. The Morgan fingerprint density at radius 1 is 1.00 bits per heavy atom. The number of halogens is 3. The first-order valence-electron chi connectivity index (χ1n) is 14.1. The van der Waals surface area contributed by atoms with E-state index in [1.165, 1.54) is 20.4 Å². The molecule has 0 saturated carbocycles. The number of methoxy groups -OCH3 is 2. The lowest BCUT2D eigenvalue weighted by Gasteiger charge is -2.28. The second-order valence-corrected chi connectivity index (χ2v) is 11.5. The second-order valence-electron chi connectivity index (χ2n) is 9.83. The fourth-order valence-corrected chi connectivity index (χ4v) is 5.36. The summed E-state index contributed by atoms with van der Waals surface area (Å²) in [4.78, 5) is 37.3. The van der Waals surface area contributed by atoms with E-state index in [1.807, 2.05) is 0 Å². The Bertz CT molecular complexity index is 1730. The summed E-state index contributed by atoms with van der Waals surface area (Å²) < 4.78 is 28.3. The van der Waals surface area contributed by atoms with Crippen molar-refractivity contribution < 1.29 is 38.1 Å². The molecule has 0 fully saturated rings. The van der Waals surface area contributed by atoms with Crippen LogP contribution in [0.4, 0.5) is 4.79 Å². The molecule has 4 rings (SSSR count). The predicted octanol–water partition coefficient (Wildman–Crippen LogP) is 6.07. The van der Waals surface area contributed by atoms with Crippen molar-refractivity contribution in [3.05, 3.63) is 91.0 Å². The first-order chi connectivity index (χ1) is 22.5. The summed E-state index contributed by atoms with van der Waals surface area (Å²) in [5.74, 6) is 0.346. The third kappa shape index (κ3) is 9.09. The fraction of sp³-hybridized carbons (Fsp3) is 0.250. The van der Waals surface area contributed by atoms with Crippen LogP contribution in [0.15, 0.2) is 69.4 Å². The highest BCUT2D eigenvalue weighted by molar-refractivity contribution is 9.10. The maximum atomic E-state index is 12.6. The molecule has 47 heavy (non-hydrogen) atoms. The number of amides is 3. The van der Waals surface area contributed by atoms with E-state index < -0.39 is 23.9 Å². The third-order valence-electron chi connectivity index (χ3n) is 6.72. The van der Waals surface area contributed by atoms with Gasteiger partial charge in [0.2, 0.25) is 0 Å². The zero-order valence-electron chi connectivity index (χ0n) is 25.7. The zero-order valence-corrected chi connectivity index (χ0v) is 28.8. The summed E-state index contributed by atoms with van der Waals surface area (Å²) >= 11 is 15.7. The van der Waals surface area contributed by atoms with E-state index in [4.69, 9.17) is 46.9 Å². The highest BCUT2D eigenvalue weighted by atomic mass is 79.9. The number of nitrogens with zero attached hydrogens (tertiary/aromatic N) is 1. The van der Waals surface area contributed by atoms with Crippen molar-refractivity contribution in [2.45, 2.75) is 26.5 Å². The lowest BCUT2D eigenvalue weighted by Crippen LogP contribution is -2.45. The minimum Gasteiger partial charge on any atom is -0.493 e. The summed E-state index contributed by atoms with van der Waals surface area (Å²) in [6.07, 6.45) is 1.43. The highest BCUT2D eigenvalue weighted by Gasteiger charge is 2.32.